The van der Waals surface area contributed by atoms with Crippen molar-refractivity contribution in [3.05, 3.63) is 11.7 Å². The van der Waals surface area contributed by atoms with Gasteiger partial charge in [0, 0.05) is 0 Å². The minimum atomic E-state index is -0.531. The highest BCUT2D eigenvalue weighted by Gasteiger charge is 2.58. The van der Waals surface area contributed by atoms with E-state index in [4.69, 9.17) is 15.4 Å². The fourth-order valence-electron chi connectivity index (χ4n) is 5.65. The van der Waals surface area contributed by atoms with Crippen LogP contribution in [0.25, 0.3) is 0 Å². The van der Waals surface area contributed by atoms with Gasteiger partial charge < -0.3 is 15.4 Å². The fourth-order valence-corrected chi connectivity index (χ4v) is 5.65. The molecule has 3 unspecified atom stereocenters. The average molecular weight is 277 g/mol. The van der Waals surface area contributed by atoms with E-state index in [0.717, 1.165) is 17.7 Å². The molecule has 20 heavy (non-hydrogen) atoms. The van der Waals surface area contributed by atoms with Gasteiger partial charge in [0.05, 0.1) is 18.1 Å². The molecule has 1 aromatic rings. The summed E-state index contributed by atoms with van der Waals surface area (Å²) < 4.78 is 5.57. The SMILES string of the molecule is CC12CC3CC(C1)CC(c1nc(C(N)CO)no1)(C3)C2. The molecule has 4 fully saturated rings. The summed E-state index contributed by atoms with van der Waals surface area (Å²) in [5.41, 5.74) is 6.33. The van der Waals surface area contributed by atoms with E-state index in [1.165, 1.54) is 38.5 Å². The molecule has 110 valence electrons. The van der Waals surface area contributed by atoms with E-state index < -0.39 is 6.04 Å². The van der Waals surface area contributed by atoms with Gasteiger partial charge in [-0.05, 0) is 55.8 Å². The van der Waals surface area contributed by atoms with E-state index in [1.807, 2.05) is 0 Å². The number of aromatic nitrogens is 2. The van der Waals surface area contributed by atoms with Crippen molar-refractivity contribution in [3.63, 3.8) is 0 Å². The van der Waals surface area contributed by atoms with Crippen LogP contribution in [0, 0.1) is 17.3 Å². The Kier molecular flexibility index (Phi) is 2.58. The van der Waals surface area contributed by atoms with E-state index in [-0.39, 0.29) is 12.0 Å². The zero-order valence-electron chi connectivity index (χ0n) is 12.0. The topological polar surface area (TPSA) is 85.2 Å². The summed E-state index contributed by atoms with van der Waals surface area (Å²) in [6, 6.07) is -0.531. The first-order valence-corrected chi connectivity index (χ1v) is 7.72. The van der Waals surface area contributed by atoms with E-state index in [0.29, 0.717) is 11.2 Å². The monoisotopic (exact) mass is 277 g/mol. The maximum atomic E-state index is 9.13. The van der Waals surface area contributed by atoms with Crippen molar-refractivity contribution in [3.8, 4) is 0 Å². The molecule has 0 aliphatic heterocycles. The number of hydrogen-bond donors (Lipinski definition) is 2. The number of aliphatic hydroxyl groups is 1. The number of hydrogen-bond acceptors (Lipinski definition) is 5. The Morgan fingerprint density at radius 2 is 2.05 bits per heavy atom. The molecule has 0 amide bonds. The normalized spacial score (nSPS) is 44.0. The highest BCUT2D eigenvalue weighted by molar-refractivity contribution is 5.18. The van der Waals surface area contributed by atoms with Gasteiger partial charge in [-0.15, -0.1) is 0 Å². The summed E-state index contributed by atoms with van der Waals surface area (Å²) >= 11 is 0. The lowest BCUT2D eigenvalue weighted by molar-refractivity contribution is -0.0724. The molecule has 1 heterocycles. The van der Waals surface area contributed by atoms with Crippen molar-refractivity contribution in [2.24, 2.45) is 23.0 Å². The van der Waals surface area contributed by atoms with Gasteiger partial charge in [0.15, 0.2) is 5.82 Å². The third-order valence-electron chi connectivity index (χ3n) is 5.78. The van der Waals surface area contributed by atoms with Crippen LogP contribution in [0.4, 0.5) is 0 Å². The molecule has 3 N–H and O–H groups in total. The van der Waals surface area contributed by atoms with Crippen LogP contribution >= 0.6 is 0 Å². The van der Waals surface area contributed by atoms with Crippen molar-refractivity contribution in [1.29, 1.82) is 0 Å². The molecule has 0 aromatic carbocycles. The van der Waals surface area contributed by atoms with E-state index in [2.05, 4.69) is 17.1 Å². The van der Waals surface area contributed by atoms with Gasteiger partial charge in [-0.3, -0.25) is 0 Å². The van der Waals surface area contributed by atoms with E-state index in [9.17, 15) is 0 Å². The predicted octanol–water partition coefficient (Wildman–Crippen LogP) is 1.92. The molecule has 5 nitrogen and oxygen atoms in total. The summed E-state index contributed by atoms with van der Waals surface area (Å²) in [6.45, 7) is 2.28. The van der Waals surface area contributed by atoms with Crippen LogP contribution in [0.2, 0.25) is 0 Å². The molecular weight excluding hydrogens is 254 g/mol. The van der Waals surface area contributed by atoms with Gasteiger partial charge in [0.25, 0.3) is 0 Å². The molecular formula is C15H23N3O2. The quantitative estimate of drug-likeness (QED) is 0.881. The maximum Gasteiger partial charge on any atom is 0.232 e. The van der Waals surface area contributed by atoms with Gasteiger partial charge in [-0.25, -0.2) is 0 Å². The van der Waals surface area contributed by atoms with Crippen molar-refractivity contribution >= 4 is 0 Å². The number of rotatable bonds is 3. The van der Waals surface area contributed by atoms with Crippen LogP contribution in [0.5, 0.6) is 0 Å². The smallest absolute Gasteiger partial charge is 0.232 e. The minimum absolute atomic E-state index is 0.0826. The van der Waals surface area contributed by atoms with Gasteiger partial charge in [0.2, 0.25) is 5.89 Å². The highest BCUT2D eigenvalue weighted by Crippen LogP contribution is 2.65. The molecule has 1 aromatic heterocycles. The largest absolute Gasteiger partial charge is 0.394 e. The zero-order valence-corrected chi connectivity index (χ0v) is 12.0. The van der Waals surface area contributed by atoms with Gasteiger partial charge in [0.1, 0.15) is 0 Å². The summed E-state index contributed by atoms with van der Waals surface area (Å²) in [7, 11) is 0. The Morgan fingerprint density at radius 3 is 2.65 bits per heavy atom. The molecule has 3 atom stereocenters. The molecule has 4 aliphatic rings. The van der Waals surface area contributed by atoms with Crippen LogP contribution in [0.3, 0.4) is 0 Å². The lowest BCUT2D eigenvalue weighted by atomic mass is 9.44. The number of nitrogens with zero attached hydrogens (tertiary/aromatic N) is 2. The zero-order chi connectivity index (χ0) is 14.0. The Hall–Kier alpha value is -0.940. The lowest BCUT2D eigenvalue weighted by Crippen LogP contribution is -2.53. The Balaban J connectivity index is 1.69. The Labute approximate surface area is 118 Å². The second kappa shape index (κ2) is 4.04. The maximum absolute atomic E-state index is 9.13. The molecule has 5 heteroatoms. The Bertz CT molecular complexity index is 513. The van der Waals surface area contributed by atoms with Crippen LogP contribution in [0.15, 0.2) is 4.52 Å². The van der Waals surface area contributed by atoms with Gasteiger partial charge in [-0.1, -0.05) is 12.1 Å². The van der Waals surface area contributed by atoms with Crippen molar-refractivity contribution in [1.82, 2.24) is 10.1 Å². The molecule has 4 bridgehead atoms. The summed E-state index contributed by atoms with van der Waals surface area (Å²) in [4.78, 5) is 4.54. The third-order valence-corrected chi connectivity index (χ3v) is 5.78. The van der Waals surface area contributed by atoms with Crippen LogP contribution in [-0.4, -0.2) is 21.9 Å². The average Bonchev–Trinajstić information content (AvgIpc) is 2.85. The van der Waals surface area contributed by atoms with Gasteiger partial charge in [-0.2, -0.15) is 4.98 Å². The van der Waals surface area contributed by atoms with Crippen molar-refractivity contribution < 1.29 is 9.63 Å². The molecule has 0 radical (unpaired) electrons. The fraction of sp³-hybridized carbons (Fsp3) is 0.867. The number of nitrogens with two attached hydrogens (primary N) is 1. The highest BCUT2D eigenvalue weighted by atomic mass is 16.5. The van der Waals surface area contributed by atoms with Crippen LogP contribution in [-0.2, 0) is 5.41 Å². The van der Waals surface area contributed by atoms with Crippen LogP contribution < -0.4 is 5.73 Å². The third kappa shape index (κ3) is 1.76. The molecule has 0 saturated heterocycles. The van der Waals surface area contributed by atoms with Crippen molar-refractivity contribution in [2.75, 3.05) is 6.61 Å². The van der Waals surface area contributed by atoms with E-state index >= 15 is 0 Å². The first-order chi connectivity index (χ1) is 9.52. The molecule has 4 saturated carbocycles. The number of aliphatic hydroxyl groups excluding tert-OH is 1. The summed E-state index contributed by atoms with van der Waals surface area (Å²) in [5, 5.41) is 13.1. The second-order valence-corrected chi connectivity index (χ2v) is 7.80. The van der Waals surface area contributed by atoms with Crippen LogP contribution in [0.1, 0.15) is 63.2 Å². The van der Waals surface area contributed by atoms with E-state index in [1.54, 1.807) is 0 Å². The first kappa shape index (κ1) is 12.8. The molecule has 0 spiro atoms. The summed E-state index contributed by atoms with van der Waals surface area (Å²) in [5.74, 6) is 2.87. The molecule has 4 aliphatic carbocycles. The standard InChI is InChI=1S/C15H23N3O2/c1-14-3-9-2-10(4-14)6-15(5-9,8-14)13-17-12(18-20-13)11(16)7-19/h9-11,19H,2-8,16H2,1H3. The first-order valence-electron chi connectivity index (χ1n) is 7.72. The van der Waals surface area contributed by atoms with Crippen molar-refractivity contribution in [2.45, 2.75) is 56.9 Å². The predicted molar refractivity (Wildman–Crippen MR) is 72.8 cm³/mol. The van der Waals surface area contributed by atoms with Gasteiger partial charge >= 0.3 is 0 Å². The molecule has 5 rings (SSSR count). The lowest BCUT2D eigenvalue weighted by Gasteiger charge is -2.59. The Morgan fingerprint density at radius 1 is 1.35 bits per heavy atom. The minimum Gasteiger partial charge on any atom is -0.394 e. The summed E-state index contributed by atoms with van der Waals surface area (Å²) in [6.07, 6.45) is 7.66. The second-order valence-electron chi connectivity index (χ2n) is 7.80.